The molecule has 0 unspecified atom stereocenters. The Morgan fingerprint density at radius 3 is 2.57 bits per heavy atom. The van der Waals surface area contributed by atoms with Crippen molar-refractivity contribution in [1.29, 1.82) is 0 Å². The molecule has 0 amide bonds. The monoisotopic (exact) mass is 283 g/mol. The van der Waals surface area contributed by atoms with Crippen molar-refractivity contribution in [1.82, 2.24) is 9.97 Å². The highest BCUT2D eigenvalue weighted by Crippen LogP contribution is 2.32. The second-order valence-electron chi connectivity index (χ2n) is 5.48. The van der Waals surface area contributed by atoms with Gasteiger partial charge in [-0.05, 0) is 25.0 Å². The number of benzene rings is 1. The van der Waals surface area contributed by atoms with Crippen LogP contribution in [0.25, 0.3) is 0 Å². The van der Waals surface area contributed by atoms with Crippen LogP contribution in [0, 0.1) is 0 Å². The van der Waals surface area contributed by atoms with Crippen LogP contribution in [-0.4, -0.2) is 23.1 Å². The quantitative estimate of drug-likeness (QED) is 0.902. The number of nitrogens with one attached hydrogen (secondary N) is 1. The molecule has 3 N–H and O–H groups in total. The Bertz CT molecular complexity index is 593. The normalized spacial score (nSPS) is 15.1. The average molecular weight is 283 g/mol. The Morgan fingerprint density at radius 2 is 1.86 bits per heavy atom. The maximum Gasteiger partial charge on any atom is 0.161 e. The molecule has 0 radical (unpaired) electrons. The largest absolute Gasteiger partial charge is 0.393 e. The fourth-order valence-corrected chi connectivity index (χ4v) is 2.81. The summed E-state index contributed by atoms with van der Waals surface area (Å²) in [5, 5.41) is 3.45. The van der Waals surface area contributed by atoms with E-state index in [4.69, 9.17) is 5.73 Å². The van der Waals surface area contributed by atoms with Gasteiger partial charge in [0.25, 0.3) is 0 Å². The minimum Gasteiger partial charge on any atom is -0.393 e. The van der Waals surface area contributed by atoms with E-state index in [1.165, 1.54) is 25.7 Å². The van der Waals surface area contributed by atoms with E-state index in [1.54, 1.807) is 6.33 Å². The smallest absolute Gasteiger partial charge is 0.161 e. The maximum atomic E-state index is 6.27. The van der Waals surface area contributed by atoms with E-state index in [2.05, 4.69) is 15.3 Å². The fourth-order valence-electron chi connectivity index (χ4n) is 2.81. The number of hydrogen-bond donors (Lipinski definition) is 2. The van der Waals surface area contributed by atoms with Crippen molar-refractivity contribution >= 4 is 23.0 Å². The van der Waals surface area contributed by atoms with Crippen LogP contribution in [0.2, 0.25) is 0 Å². The number of anilines is 4. The van der Waals surface area contributed by atoms with E-state index in [9.17, 15) is 0 Å². The van der Waals surface area contributed by atoms with Gasteiger partial charge in [0.15, 0.2) is 11.6 Å². The summed E-state index contributed by atoms with van der Waals surface area (Å²) in [6, 6.07) is 10.5. The van der Waals surface area contributed by atoms with Gasteiger partial charge in [0.05, 0.1) is 0 Å². The summed E-state index contributed by atoms with van der Waals surface area (Å²) in [5.41, 5.74) is 7.93. The molecule has 5 nitrogen and oxygen atoms in total. The summed E-state index contributed by atoms with van der Waals surface area (Å²) >= 11 is 0. The summed E-state index contributed by atoms with van der Waals surface area (Å²) in [6.45, 7) is 0. The molecule has 0 spiro atoms. The Morgan fingerprint density at radius 1 is 1.14 bits per heavy atom. The number of rotatable bonds is 4. The third-order valence-electron chi connectivity index (χ3n) is 4.02. The molecule has 1 aromatic carbocycles. The maximum absolute atomic E-state index is 6.27. The van der Waals surface area contributed by atoms with E-state index >= 15 is 0 Å². The lowest BCUT2D eigenvalue weighted by Gasteiger charge is -2.22. The third-order valence-corrected chi connectivity index (χ3v) is 4.02. The van der Waals surface area contributed by atoms with Crippen molar-refractivity contribution in [3.8, 4) is 0 Å². The van der Waals surface area contributed by atoms with Crippen LogP contribution in [0.3, 0.4) is 0 Å². The summed E-state index contributed by atoms with van der Waals surface area (Å²) in [6.07, 6.45) is 6.50. The molecule has 1 heterocycles. The first kappa shape index (κ1) is 13.7. The summed E-state index contributed by atoms with van der Waals surface area (Å²) in [4.78, 5) is 10.6. The zero-order chi connectivity index (χ0) is 14.7. The predicted molar refractivity (Wildman–Crippen MR) is 86.8 cm³/mol. The van der Waals surface area contributed by atoms with Gasteiger partial charge in [-0.3, -0.25) is 0 Å². The average Bonchev–Trinajstić information content (AvgIpc) is 3.03. The van der Waals surface area contributed by atoms with Crippen molar-refractivity contribution < 1.29 is 0 Å². The minimum absolute atomic E-state index is 0.483. The van der Waals surface area contributed by atoms with Crippen LogP contribution in [0.4, 0.5) is 23.0 Å². The standard InChI is InChI=1S/C16H21N5/c1-21(13-9-3-2-4-10-13)16-14(17)15(18-11-19-16)20-12-7-5-6-8-12/h2-4,9-12H,5-8,17H2,1H3,(H,18,19,20). The molecule has 1 aromatic heterocycles. The number of nitrogens with zero attached hydrogens (tertiary/aromatic N) is 3. The zero-order valence-electron chi connectivity index (χ0n) is 12.3. The van der Waals surface area contributed by atoms with Gasteiger partial charge in [-0.15, -0.1) is 0 Å². The van der Waals surface area contributed by atoms with Gasteiger partial charge in [0.1, 0.15) is 12.0 Å². The van der Waals surface area contributed by atoms with Crippen LogP contribution < -0.4 is 16.0 Å². The summed E-state index contributed by atoms with van der Waals surface area (Å²) in [5.74, 6) is 1.48. The molecule has 0 saturated heterocycles. The molecule has 1 fully saturated rings. The van der Waals surface area contributed by atoms with Gasteiger partial charge in [-0.25, -0.2) is 9.97 Å². The van der Waals surface area contributed by atoms with E-state index in [-0.39, 0.29) is 0 Å². The van der Waals surface area contributed by atoms with E-state index < -0.39 is 0 Å². The molecule has 5 heteroatoms. The van der Waals surface area contributed by atoms with Crippen LogP contribution in [0.5, 0.6) is 0 Å². The van der Waals surface area contributed by atoms with Crippen LogP contribution in [-0.2, 0) is 0 Å². The molecule has 21 heavy (non-hydrogen) atoms. The Labute approximate surface area is 125 Å². The lowest BCUT2D eigenvalue weighted by atomic mass is 10.2. The van der Waals surface area contributed by atoms with Crippen LogP contribution in [0.1, 0.15) is 25.7 Å². The predicted octanol–water partition coefficient (Wildman–Crippen LogP) is 3.18. The molecule has 0 aliphatic heterocycles. The van der Waals surface area contributed by atoms with Crippen molar-refractivity contribution in [3.63, 3.8) is 0 Å². The topological polar surface area (TPSA) is 67.1 Å². The van der Waals surface area contributed by atoms with E-state index in [0.717, 1.165) is 17.3 Å². The lowest BCUT2D eigenvalue weighted by molar-refractivity contribution is 0.750. The highest BCUT2D eigenvalue weighted by atomic mass is 15.2. The van der Waals surface area contributed by atoms with Gasteiger partial charge in [-0.1, -0.05) is 31.0 Å². The number of nitrogen functional groups attached to an aromatic ring is 1. The van der Waals surface area contributed by atoms with Gasteiger partial charge < -0.3 is 16.0 Å². The molecule has 0 bridgehead atoms. The zero-order valence-corrected chi connectivity index (χ0v) is 12.3. The van der Waals surface area contributed by atoms with Crippen molar-refractivity contribution in [2.24, 2.45) is 0 Å². The molecule has 110 valence electrons. The molecule has 1 aliphatic carbocycles. The molecular formula is C16H21N5. The first-order chi connectivity index (χ1) is 10.3. The fraction of sp³-hybridized carbons (Fsp3) is 0.375. The first-order valence-corrected chi connectivity index (χ1v) is 7.41. The van der Waals surface area contributed by atoms with Gasteiger partial charge in [0.2, 0.25) is 0 Å². The minimum atomic E-state index is 0.483. The van der Waals surface area contributed by atoms with E-state index in [0.29, 0.717) is 11.7 Å². The number of aromatic nitrogens is 2. The van der Waals surface area contributed by atoms with Gasteiger partial charge >= 0.3 is 0 Å². The Balaban J connectivity index is 1.85. The molecule has 1 aliphatic rings. The lowest BCUT2D eigenvalue weighted by Crippen LogP contribution is -2.19. The third kappa shape index (κ3) is 2.91. The van der Waals surface area contributed by atoms with Gasteiger partial charge in [-0.2, -0.15) is 0 Å². The molecule has 1 saturated carbocycles. The van der Waals surface area contributed by atoms with Crippen molar-refractivity contribution in [3.05, 3.63) is 36.7 Å². The second kappa shape index (κ2) is 5.99. The second-order valence-corrected chi connectivity index (χ2v) is 5.48. The summed E-state index contributed by atoms with van der Waals surface area (Å²) in [7, 11) is 1.97. The van der Waals surface area contributed by atoms with Crippen LogP contribution >= 0.6 is 0 Å². The number of para-hydroxylation sites is 1. The van der Waals surface area contributed by atoms with E-state index in [1.807, 2.05) is 42.3 Å². The number of nitrogens with two attached hydrogens (primary N) is 1. The Hall–Kier alpha value is -2.30. The molecular weight excluding hydrogens is 262 g/mol. The molecule has 0 atom stereocenters. The summed E-state index contributed by atoms with van der Waals surface area (Å²) < 4.78 is 0. The Kier molecular flexibility index (Phi) is 3.90. The highest BCUT2D eigenvalue weighted by molar-refractivity contribution is 5.78. The first-order valence-electron chi connectivity index (χ1n) is 7.41. The SMILES string of the molecule is CN(c1ccccc1)c1ncnc(NC2CCCC2)c1N. The molecule has 3 rings (SSSR count). The molecule has 2 aromatic rings. The van der Waals surface area contributed by atoms with Gasteiger partial charge in [0, 0.05) is 18.8 Å². The number of hydrogen-bond acceptors (Lipinski definition) is 5. The highest BCUT2D eigenvalue weighted by Gasteiger charge is 2.19. The van der Waals surface area contributed by atoms with Crippen molar-refractivity contribution in [2.75, 3.05) is 23.0 Å². The van der Waals surface area contributed by atoms with Crippen molar-refractivity contribution in [2.45, 2.75) is 31.7 Å². The van der Waals surface area contributed by atoms with Crippen LogP contribution in [0.15, 0.2) is 36.7 Å².